The zero-order chi connectivity index (χ0) is 16.0. The summed E-state index contributed by atoms with van der Waals surface area (Å²) in [5.41, 5.74) is 3.30. The topological polar surface area (TPSA) is 69.2 Å². The third kappa shape index (κ3) is 2.85. The molecule has 1 aliphatic heterocycles. The minimum atomic E-state index is -0.659. The lowest BCUT2D eigenvalue weighted by Gasteiger charge is -2.35. The van der Waals surface area contributed by atoms with Crippen LogP contribution in [-0.4, -0.2) is 45.1 Å². The normalized spacial score (nSPS) is 24.0. The average Bonchev–Trinajstić information content (AvgIpc) is 3.25. The first-order valence-corrected chi connectivity index (χ1v) is 8.55. The molecule has 1 aromatic carbocycles. The Kier molecular flexibility index (Phi) is 3.60. The first-order valence-electron chi connectivity index (χ1n) is 8.55. The lowest BCUT2D eigenvalue weighted by Crippen LogP contribution is -2.47. The van der Waals surface area contributed by atoms with Gasteiger partial charge in [-0.25, -0.2) is 4.98 Å². The van der Waals surface area contributed by atoms with Crippen LogP contribution in [-0.2, 0) is 4.79 Å². The molecule has 0 amide bonds. The molecule has 1 aromatic heterocycles. The summed E-state index contributed by atoms with van der Waals surface area (Å²) >= 11 is 0. The van der Waals surface area contributed by atoms with E-state index in [0.717, 1.165) is 55.6 Å². The molecule has 0 spiro atoms. The number of carbonyl (C=O) groups is 1. The largest absolute Gasteiger partial charge is 0.480 e. The van der Waals surface area contributed by atoms with Gasteiger partial charge < -0.3 is 10.1 Å². The quantitative estimate of drug-likeness (QED) is 0.910. The Balaban J connectivity index is 1.57. The maximum atomic E-state index is 11.6. The Morgan fingerprint density at radius 1 is 1.39 bits per heavy atom. The van der Waals surface area contributed by atoms with Gasteiger partial charge in [-0.1, -0.05) is 6.07 Å². The monoisotopic (exact) mass is 313 g/mol. The van der Waals surface area contributed by atoms with Gasteiger partial charge in [0.2, 0.25) is 0 Å². The standard InChI is InChI=1S/C18H23N3O2/c1-11-4-7-14-15(9-11)20-17(19-14)13-3-2-8-21(10-13)16(18(22)23)12-5-6-12/h4,7,9,12-13,16H,2-3,5-6,8,10H2,1H3,(H,19,20)(H,22,23). The van der Waals surface area contributed by atoms with E-state index in [9.17, 15) is 9.90 Å². The number of aromatic nitrogens is 2. The molecule has 1 saturated heterocycles. The molecule has 4 rings (SSSR count). The SMILES string of the molecule is Cc1ccc2nc(C3CCCN(C(C(=O)O)C4CC4)C3)[nH]c2c1. The number of aromatic amines is 1. The molecule has 1 aliphatic carbocycles. The smallest absolute Gasteiger partial charge is 0.321 e. The summed E-state index contributed by atoms with van der Waals surface area (Å²) in [6.45, 7) is 3.77. The van der Waals surface area contributed by atoms with Crippen molar-refractivity contribution in [3.05, 3.63) is 29.6 Å². The Bertz CT molecular complexity index is 735. The van der Waals surface area contributed by atoms with E-state index < -0.39 is 5.97 Å². The van der Waals surface area contributed by atoms with Gasteiger partial charge in [0.1, 0.15) is 11.9 Å². The number of nitrogens with one attached hydrogen (secondary N) is 1. The maximum absolute atomic E-state index is 11.6. The fraction of sp³-hybridized carbons (Fsp3) is 0.556. The van der Waals surface area contributed by atoms with Crippen LogP contribution in [0.15, 0.2) is 18.2 Å². The number of hydrogen-bond acceptors (Lipinski definition) is 3. The van der Waals surface area contributed by atoms with E-state index in [1.54, 1.807) is 0 Å². The minimum Gasteiger partial charge on any atom is -0.480 e. The molecular weight excluding hydrogens is 290 g/mol. The fourth-order valence-corrected chi connectivity index (χ4v) is 3.89. The van der Waals surface area contributed by atoms with Crippen LogP contribution in [0, 0.1) is 12.8 Å². The molecule has 122 valence electrons. The van der Waals surface area contributed by atoms with Gasteiger partial charge in [0, 0.05) is 12.5 Å². The molecule has 2 aromatic rings. The summed E-state index contributed by atoms with van der Waals surface area (Å²) in [4.78, 5) is 22.0. The summed E-state index contributed by atoms with van der Waals surface area (Å²) in [6, 6.07) is 5.95. The molecule has 23 heavy (non-hydrogen) atoms. The highest BCUT2D eigenvalue weighted by atomic mass is 16.4. The molecule has 5 nitrogen and oxygen atoms in total. The molecule has 2 N–H and O–H groups in total. The van der Waals surface area contributed by atoms with Gasteiger partial charge >= 0.3 is 5.97 Å². The predicted octanol–water partition coefficient (Wildman–Crippen LogP) is 2.91. The van der Waals surface area contributed by atoms with Crippen LogP contribution >= 0.6 is 0 Å². The summed E-state index contributed by atoms with van der Waals surface area (Å²) in [5, 5.41) is 9.57. The highest BCUT2D eigenvalue weighted by Gasteiger charge is 2.42. The van der Waals surface area contributed by atoms with E-state index in [-0.39, 0.29) is 6.04 Å². The molecular formula is C18H23N3O2. The molecule has 2 atom stereocenters. The van der Waals surface area contributed by atoms with E-state index in [2.05, 4.69) is 35.0 Å². The van der Waals surface area contributed by atoms with Crippen LogP contribution in [0.3, 0.4) is 0 Å². The van der Waals surface area contributed by atoms with E-state index in [1.807, 2.05) is 0 Å². The van der Waals surface area contributed by atoms with Gasteiger partial charge in [-0.3, -0.25) is 9.69 Å². The predicted molar refractivity (Wildman–Crippen MR) is 88.5 cm³/mol. The van der Waals surface area contributed by atoms with Crippen molar-refractivity contribution in [2.45, 2.75) is 44.6 Å². The average molecular weight is 313 g/mol. The molecule has 0 radical (unpaired) electrons. The van der Waals surface area contributed by atoms with Gasteiger partial charge in [0.15, 0.2) is 0 Å². The van der Waals surface area contributed by atoms with Crippen molar-refractivity contribution in [2.75, 3.05) is 13.1 Å². The van der Waals surface area contributed by atoms with Crippen LogP contribution in [0.1, 0.15) is 43.0 Å². The molecule has 2 aliphatic rings. The minimum absolute atomic E-state index is 0.301. The van der Waals surface area contributed by atoms with Crippen molar-refractivity contribution in [3.63, 3.8) is 0 Å². The summed E-state index contributed by atoms with van der Waals surface area (Å²) < 4.78 is 0. The molecule has 0 bridgehead atoms. The Morgan fingerprint density at radius 2 is 2.22 bits per heavy atom. The number of rotatable bonds is 4. The second kappa shape index (κ2) is 5.64. The third-order valence-electron chi connectivity index (χ3n) is 5.21. The second-order valence-electron chi connectivity index (χ2n) is 7.10. The maximum Gasteiger partial charge on any atom is 0.321 e. The van der Waals surface area contributed by atoms with Crippen LogP contribution in [0.25, 0.3) is 11.0 Å². The highest BCUT2D eigenvalue weighted by Crippen LogP contribution is 2.38. The first-order chi connectivity index (χ1) is 11.1. The number of aliphatic carboxylic acids is 1. The Morgan fingerprint density at radius 3 is 2.96 bits per heavy atom. The molecule has 1 saturated carbocycles. The second-order valence-corrected chi connectivity index (χ2v) is 7.10. The van der Waals surface area contributed by atoms with Crippen molar-refractivity contribution >= 4 is 17.0 Å². The van der Waals surface area contributed by atoms with Gasteiger partial charge in [-0.2, -0.15) is 0 Å². The number of hydrogen-bond donors (Lipinski definition) is 2. The number of aryl methyl sites for hydroxylation is 1. The van der Waals surface area contributed by atoms with E-state index in [0.29, 0.717) is 11.8 Å². The van der Waals surface area contributed by atoms with Crippen LogP contribution in [0.2, 0.25) is 0 Å². The molecule has 2 unspecified atom stereocenters. The van der Waals surface area contributed by atoms with Gasteiger partial charge in [0.05, 0.1) is 11.0 Å². The van der Waals surface area contributed by atoms with Crippen LogP contribution < -0.4 is 0 Å². The van der Waals surface area contributed by atoms with Crippen LogP contribution in [0.4, 0.5) is 0 Å². The summed E-state index contributed by atoms with van der Waals surface area (Å²) in [7, 11) is 0. The van der Waals surface area contributed by atoms with Crippen molar-refractivity contribution < 1.29 is 9.90 Å². The number of piperidine rings is 1. The van der Waals surface area contributed by atoms with E-state index >= 15 is 0 Å². The number of H-pyrrole nitrogens is 1. The number of nitrogens with zero attached hydrogens (tertiary/aromatic N) is 2. The number of carboxylic acids is 1. The summed E-state index contributed by atoms with van der Waals surface area (Å²) in [6.07, 6.45) is 4.23. The van der Waals surface area contributed by atoms with Gasteiger partial charge in [-0.15, -0.1) is 0 Å². The number of imidazole rings is 1. The number of carboxylic acid groups (broad SMARTS) is 1. The van der Waals surface area contributed by atoms with Gasteiger partial charge in [0.25, 0.3) is 0 Å². The third-order valence-corrected chi connectivity index (χ3v) is 5.21. The zero-order valence-electron chi connectivity index (χ0n) is 13.5. The Hall–Kier alpha value is -1.88. The fourth-order valence-electron chi connectivity index (χ4n) is 3.89. The number of benzene rings is 1. The number of fused-ring (bicyclic) bond motifs is 1. The Labute approximate surface area is 135 Å². The van der Waals surface area contributed by atoms with Gasteiger partial charge in [-0.05, 0) is 62.8 Å². The lowest BCUT2D eigenvalue weighted by molar-refractivity contribution is -0.144. The lowest BCUT2D eigenvalue weighted by atomic mass is 9.95. The highest BCUT2D eigenvalue weighted by molar-refractivity contribution is 5.76. The van der Waals surface area contributed by atoms with Crippen molar-refractivity contribution in [1.29, 1.82) is 0 Å². The van der Waals surface area contributed by atoms with Crippen molar-refractivity contribution in [2.24, 2.45) is 5.92 Å². The number of likely N-dealkylation sites (tertiary alicyclic amines) is 1. The molecule has 2 heterocycles. The van der Waals surface area contributed by atoms with Crippen LogP contribution in [0.5, 0.6) is 0 Å². The van der Waals surface area contributed by atoms with Crippen molar-refractivity contribution in [3.8, 4) is 0 Å². The summed E-state index contributed by atoms with van der Waals surface area (Å²) in [5.74, 6) is 1.00. The van der Waals surface area contributed by atoms with Crippen molar-refractivity contribution in [1.82, 2.24) is 14.9 Å². The zero-order valence-corrected chi connectivity index (χ0v) is 13.5. The molecule has 2 fully saturated rings. The van der Waals surface area contributed by atoms with E-state index in [1.165, 1.54) is 5.56 Å². The first kappa shape index (κ1) is 14.7. The molecule has 5 heteroatoms. The van der Waals surface area contributed by atoms with E-state index in [4.69, 9.17) is 4.98 Å².